The summed E-state index contributed by atoms with van der Waals surface area (Å²) in [6, 6.07) is -0.968. The Balaban J connectivity index is 4.35. The van der Waals surface area contributed by atoms with E-state index >= 15 is 0 Å². The third-order valence-electron chi connectivity index (χ3n) is 1.89. The van der Waals surface area contributed by atoms with E-state index in [9.17, 15) is 14.7 Å². The molecule has 2 N–H and O–H groups in total. The highest BCUT2D eigenvalue weighted by Crippen LogP contribution is 2.09. The third-order valence-corrected chi connectivity index (χ3v) is 1.89. The van der Waals surface area contributed by atoms with Crippen molar-refractivity contribution in [2.24, 2.45) is 5.92 Å². The SMILES string of the molecule is CCOC(=O)C(NC=O)C(O)CC(C)C. The first-order chi connectivity index (χ1) is 7.02. The van der Waals surface area contributed by atoms with Crippen molar-refractivity contribution >= 4 is 12.4 Å². The number of rotatable bonds is 7. The number of esters is 1. The van der Waals surface area contributed by atoms with Crippen LogP contribution in [0, 0.1) is 5.92 Å². The maximum atomic E-state index is 11.4. The highest BCUT2D eigenvalue weighted by atomic mass is 16.5. The second-order valence-electron chi connectivity index (χ2n) is 3.71. The number of ether oxygens (including phenoxy) is 1. The van der Waals surface area contributed by atoms with Gasteiger partial charge >= 0.3 is 5.97 Å². The number of nitrogens with one attached hydrogen (secondary N) is 1. The average molecular weight is 217 g/mol. The summed E-state index contributed by atoms with van der Waals surface area (Å²) < 4.78 is 4.74. The Bertz CT molecular complexity index is 206. The van der Waals surface area contributed by atoms with Gasteiger partial charge in [0.1, 0.15) is 0 Å². The van der Waals surface area contributed by atoms with Crippen LogP contribution in [0.4, 0.5) is 0 Å². The monoisotopic (exact) mass is 217 g/mol. The van der Waals surface area contributed by atoms with E-state index < -0.39 is 18.1 Å². The zero-order chi connectivity index (χ0) is 11.8. The zero-order valence-corrected chi connectivity index (χ0v) is 9.40. The standard InChI is InChI=1S/C10H19NO4/c1-4-15-10(14)9(11-6-12)8(13)5-7(2)3/h6-9,13H,4-5H2,1-3H3,(H,11,12). The Hall–Kier alpha value is -1.10. The van der Waals surface area contributed by atoms with Crippen LogP contribution in [-0.4, -0.2) is 36.2 Å². The van der Waals surface area contributed by atoms with Crippen molar-refractivity contribution in [2.75, 3.05) is 6.61 Å². The van der Waals surface area contributed by atoms with Crippen molar-refractivity contribution in [1.29, 1.82) is 0 Å². The van der Waals surface area contributed by atoms with Crippen molar-refractivity contribution in [2.45, 2.75) is 39.3 Å². The van der Waals surface area contributed by atoms with Crippen molar-refractivity contribution in [1.82, 2.24) is 5.32 Å². The zero-order valence-electron chi connectivity index (χ0n) is 9.40. The maximum Gasteiger partial charge on any atom is 0.331 e. The summed E-state index contributed by atoms with van der Waals surface area (Å²) in [4.78, 5) is 21.6. The van der Waals surface area contributed by atoms with Gasteiger partial charge in [0.2, 0.25) is 6.41 Å². The number of hydrogen-bond acceptors (Lipinski definition) is 4. The van der Waals surface area contributed by atoms with Crippen molar-refractivity contribution in [3.05, 3.63) is 0 Å². The molecule has 88 valence electrons. The van der Waals surface area contributed by atoms with Crippen molar-refractivity contribution in [3.63, 3.8) is 0 Å². The van der Waals surface area contributed by atoms with E-state index in [4.69, 9.17) is 4.74 Å². The Kier molecular flexibility index (Phi) is 6.70. The van der Waals surface area contributed by atoms with E-state index in [1.807, 2.05) is 13.8 Å². The predicted molar refractivity (Wildman–Crippen MR) is 55.1 cm³/mol. The summed E-state index contributed by atoms with van der Waals surface area (Å²) in [5.41, 5.74) is 0. The summed E-state index contributed by atoms with van der Waals surface area (Å²) in [6.45, 7) is 5.74. The lowest BCUT2D eigenvalue weighted by Gasteiger charge is -2.21. The molecule has 0 radical (unpaired) electrons. The van der Waals surface area contributed by atoms with Crippen LogP contribution in [-0.2, 0) is 14.3 Å². The molecule has 0 aliphatic rings. The highest BCUT2D eigenvalue weighted by molar-refractivity contribution is 5.78. The van der Waals surface area contributed by atoms with Gasteiger partial charge in [-0.15, -0.1) is 0 Å². The molecule has 0 fully saturated rings. The molecule has 1 amide bonds. The molecule has 0 bridgehead atoms. The van der Waals surface area contributed by atoms with Crippen LogP contribution >= 0.6 is 0 Å². The summed E-state index contributed by atoms with van der Waals surface area (Å²) >= 11 is 0. The van der Waals surface area contributed by atoms with Gasteiger partial charge in [-0.25, -0.2) is 4.79 Å². The fourth-order valence-corrected chi connectivity index (χ4v) is 1.26. The molecule has 0 aromatic carbocycles. The minimum atomic E-state index is -0.968. The van der Waals surface area contributed by atoms with Crippen LogP contribution in [0.1, 0.15) is 27.2 Å². The normalized spacial score (nSPS) is 14.5. The quantitative estimate of drug-likeness (QED) is 0.467. The lowest BCUT2D eigenvalue weighted by molar-refractivity contribution is -0.150. The Labute approximate surface area is 89.8 Å². The van der Waals surface area contributed by atoms with Gasteiger partial charge in [-0.05, 0) is 19.3 Å². The summed E-state index contributed by atoms with van der Waals surface area (Å²) in [5.74, 6) is -0.358. The Morgan fingerprint density at radius 1 is 1.53 bits per heavy atom. The number of aliphatic hydroxyl groups excluding tert-OH is 1. The highest BCUT2D eigenvalue weighted by Gasteiger charge is 2.27. The lowest BCUT2D eigenvalue weighted by atomic mass is 10.0. The topological polar surface area (TPSA) is 75.6 Å². The van der Waals surface area contributed by atoms with E-state index in [2.05, 4.69) is 5.32 Å². The van der Waals surface area contributed by atoms with Crippen molar-refractivity contribution < 1.29 is 19.4 Å². The van der Waals surface area contributed by atoms with E-state index in [1.54, 1.807) is 6.92 Å². The van der Waals surface area contributed by atoms with Gasteiger partial charge in [-0.2, -0.15) is 0 Å². The molecule has 0 saturated heterocycles. The van der Waals surface area contributed by atoms with Crippen molar-refractivity contribution in [3.8, 4) is 0 Å². The van der Waals surface area contributed by atoms with E-state index in [-0.39, 0.29) is 12.5 Å². The molecule has 0 saturated carbocycles. The molecular formula is C10H19NO4. The van der Waals surface area contributed by atoms with E-state index in [0.717, 1.165) is 0 Å². The van der Waals surface area contributed by atoms with Crippen LogP contribution in [0.15, 0.2) is 0 Å². The number of carbonyl (C=O) groups excluding carboxylic acids is 2. The maximum absolute atomic E-state index is 11.4. The van der Waals surface area contributed by atoms with Gasteiger partial charge in [0, 0.05) is 0 Å². The molecule has 15 heavy (non-hydrogen) atoms. The van der Waals surface area contributed by atoms with E-state index in [0.29, 0.717) is 12.8 Å². The largest absolute Gasteiger partial charge is 0.464 e. The van der Waals surface area contributed by atoms with Gasteiger partial charge < -0.3 is 15.2 Å². The van der Waals surface area contributed by atoms with Crippen LogP contribution in [0.5, 0.6) is 0 Å². The average Bonchev–Trinajstić information content (AvgIpc) is 2.13. The van der Waals surface area contributed by atoms with Gasteiger partial charge in [0.15, 0.2) is 6.04 Å². The molecule has 0 aromatic heterocycles. The molecule has 0 rings (SSSR count). The van der Waals surface area contributed by atoms with Crippen LogP contribution in [0.3, 0.4) is 0 Å². The third kappa shape index (κ3) is 5.37. The Morgan fingerprint density at radius 3 is 2.53 bits per heavy atom. The lowest BCUT2D eigenvalue weighted by Crippen LogP contribution is -2.47. The second-order valence-corrected chi connectivity index (χ2v) is 3.71. The Morgan fingerprint density at radius 2 is 2.13 bits per heavy atom. The van der Waals surface area contributed by atoms with E-state index in [1.165, 1.54) is 0 Å². The fraction of sp³-hybridized carbons (Fsp3) is 0.800. The molecule has 5 nitrogen and oxygen atoms in total. The molecule has 5 heteroatoms. The van der Waals surface area contributed by atoms with Gasteiger partial charge in [0.05, 0.1) is 12.7 Å². The first-order valence-corrected chi connectivity index (χ1v) is 5.07. The molecular weight excluding hydrogens is 198 g/mol. The number of hydrogen-bond donors (Lipinski definition) is 2. The summed E-state index contributed by atoms with van der Waals surface area (Å²) in [5, 5.41) is 12.0. The smallest absolute Gasteiger partial charge is 0.331 e. The molecule has 0 aromatic rings. The molecule has 0 aliphatic carbocycles. The minimum absolute atomic E-state index is 0.226. The molecule has 2 atom stereocenters. The minimum Gasteiger partial charge on any atom is -0.464 e. The van der Waals surface area contributed by atoms with Gasteiger partial charge in [-0.1, -0.05) is 13.8 Å². The van der Waals surface area contributed by atoms with Gasteiger partial charge in [0.25, 0.3) is 0 Å². The van der Waals surface area contributed by atoms with Crippen LogP contribution < -0.4 is 5.32 Å². The molecule has 0 aliphatic heterocycles. The summed E-state index contributed by atoms with van der Waals surface area (Å²) in [6.07, 6.45) is -0.0793. The fourth-order valence-electron chi connectivity index (χ4n) is 1.26. The predicted octanol–water partition coefficient (Wildman–Crippen LogP) is 0.0711. The van der Waals surface area contributed by atoms with Gasteiger partial charge in [-0.3, -0.25) is 4.79 Å². The number of amides is 1. The molecule has 0 heterocycles. The molecule has 0 spiro atoms. The summed E-state index contributed by atoms with van der Waals surface area (Å²) in [7, 11) is 0. The van der Waals surface area contributed by atoms with Crippen LogP contribution in [0.25, 0.3) is 0 Å². The number of aliphatic hydroxyl groups is 1. The number of carbonyl (C=O) groups is 2. The second kappa shape index (κ2) is 7.23. The molecule has 2 unspecified atom stereocenters. The first kappa shape index (κ1) is 13.9. The first-order valence-electron chi connectivity index (χ1n) is 5.07. The van der Waals surface area contributed by atoms with Crippen LogP contribution in [0.2, 0.25) is 0 Å².